The van der Waals surface area contributed by atoms with Gasteiger partial charge in [-0.3, -0.25) is 4.79 Å². The number of hydrogen-bond acceptors (Lipinski definition) is 3. The Morgan fingerprint density at radius 2 is 1.97 bits per heavy atom. The quantitative estimate of drug-likeness (QED) is 0.723. The molecule has 0 amide bonds. The number of ether oxygens (including phenoxy) is 1. The van der Waals surface area contributed by atoms with Crippen LogP contribution in [-0.2, 0) is 19.4 Å². The van der Waals surface area contributed by atoms with Crippen molar-refractivity contribution in [1.82, 2.24) is 4.57 Å². The highest BCUT2D eigenvalue weighted by molar-refractivity contribution is 5.88. The molecule has 2 heterocycles. The molecule has 0 saturated carbocycles. The lowest BCUT2D eigenvalue weighted by Crippen LogP contribution is -2.22. The Morgan fingerprint density at radius 1 is 1.21 bits per heavy atom. The van der Waals surface area contributed by atoms with Gasteiger partial charge in [0.2, 0.25) is 0 Å². The Balaban J connectivity index is 2.05. The maximum absolute atomic E-state index is 14.6. The second kappa shape index (κ2) is 7.20. The lowest BCUT2D eigenvalue weighted by molar-refractivity contribution is 0.0694. The summed E-state index contributed by atoms with van der Waals surface area (Å²) < 4.78 is 22.1. The van der Waals surface area contributed by atoms with E-state index < -0.39 is 11.4 Å². The largest absolute Gasteiger partial charge is 0.496 e. The maximum Gasteiger partial charge on any atom is 0.341 e. The monoisotopic (exact) mass is 393 g/mol. The number of aromatic nitrogens is 1. The molecule has 1 aliphatic heterocycles. The number of benzene rings is 2. The average molecular weight is 393 g/mol. The molecule has 148 valence electrons. The third kappa shape index (κ3) is 3.01. The summed E-state index contributed by atoms with van der Waals surface area (Å²) >= 11 is 0. The Kier molecular flexibility index (Phi) is 4.70. The highest BCUT2D eigenvalue weighted by atomic mass is 19.1. The molecule has 1 aliphatic rings. The van der Waals surface area contributed by atoms with Crippen LogP contribution >= 0.6 is 0 Å². The summed E-state index contributed by atoms with van der Waals surface area (Å²) in [5.41, 5.74) is 3.70. The number of carboxylic acids is 1. The van der Waals surface area contributed by atoms with E-state index in [4.69, 9.17) is 4.74 Å². The van der Waals surface area contributed by atoms with Gasteiger partial charge in [0.05, 0.1) is 12.8 Å². The number of aryl methyl sites for hydroxylation is 1. The molecule has 0 spiro atoms. The molecule has 2 aromatic carbocycles. The molecule has 0 radical (unpaired) electrons. The lowest BCUT2D eigenvalue weighted by atomic mass is 9.86. The van der Waals surface area contributed by atoms with Crippen LogP contribution < -0.4 is 10.2 Å². The molecular weight excluding hydrogens is 373 g/mol. The smallest absolute Gasteiger partial charge is 0.341 e. The molecule has 0 bridgehead atoms. The van der Waals surface area contributed by atoms with Crippen LogP contribution in [-0.4, -0.2) is 22.8 Å². The van der Waals surface area contributed by atoms with Gasteiger partial charge in [-0.1, -0.05) is 25.1 Å². The van der Waals surface area contributed by atoms with Gasteiger partial charge >= 0.3 is 5.97 Å². The second-order valence-electron chi connectivity index (χ2n) is 6.98. The minimum absolute atomic E-state index is 0.254. The summed E-state index contributed by atoms with van der Waals surface area (Å²) in [7, 11) is 1.58. The molecule has 0 atom stereocenters. The summed E-state index contributed by atoms with van der Waals surface area (Å²) in [4.78, 5) is 23.7. The van der Waals surface area contributed by atoms with Crippen molar-refractivity contribution < 1.29 is 19.0 Å². The standard InChI is InChI=1S/C23H20FNO4/c1-3-13-14-8-9-25-12-18(23(27)28)21(26)11-20(25)16(14)10-17(22(13)29-2)15-6-4-5-7-19(15)24/h4-7,10-12H,3,8-9H2,1-2H3,(H,27,28). The fraction of sp³-hybridized carbons (Fsp3) is 0.217. The Morgan fingerprint density at radius 3 is 2.62 bits per heavy atom. The molecule has 1 N–H and O–H groups in total. The first kappa shape index (κ1) is 18.9. The predicted octanol–water partition coefficient (Wildman–Crippen LogP) is 4.15. The molecular formula is C23H20FNO4. The van der Waals surface area contributed by atoms with Gasteiger partial charge < -0.3 is 14.4 Å². The average Bonchev–Trinajstić information content (AvgIpc) is 2.71. The Labute approximate surface area is 167 Å². The minimum Gasteiger partial charge on any atom is -0.496 e. The summed E-state index contributed by atoms with van der Waals surface area (Å²) in [6.45, 7) is 2.57. The summed E-state index contributed by atoms with van der Waals surface area (Å²) in [6.07, 6.45) is 2.74. The zero-order valence-corrected chi connectivity index (χ0v) is 16.2. The summed E-state index contributed by atoms with van der Waals surface area (Å²) in [6, 6.07) is 9.70. The fourth-order valence-corrected chi connectivity index (χ4v) is 4.14. The van der Waals surface area contributed by atoms with Crippen LogP contribution in [0.3, 0.4) is 0 Å². The fourth-order valence-electron chi connectivity index (χ4n) is 4.14. The van der Waals surface area contributed by atoms with Crippen LogP contribution in [0.25, 0.3) is 22.4 Å². The van der Waals surface area contributed by atoms with Crippen LogP contribution in [0.15, 0.2) is 47.4 Å². The number of methoxy groups -OCH3 is 1. The van der Waals surface area contributed by atoms with Crippen molar-refractivity contribution in [2.45, 2.75) is 26.3 Å². The topological polar surface area (TPSA) is 68.5 Å². The van der Waals surface area contributed by atoms with Gasteiger partial charge in [-0.05, 0) is 36.1 Å². The summed E-state index contributed by atoms with van der Waals surface area (Å²) in [5.74, 6) is -0.969. The number of fused-ring (bicyclic) bond motifs is 3. The van der Waals surface area contributed by atoms with Gasteiger partial charge in [-0.15, -0.1) is 0 Å². The first-order valence-corrected chi connectivity index (χ1v) is 9.42. The number of halogens is 1. The Hall–Kier alpha value is -3.41. The number of nitrogens with zero attached hydrogens (tertiary/aromatic N) is 1. The van der Waals surface area contributed by atoms with Gasteiger partial charge in [0, 0.05) is 35.5 Å². The van der Waals surface area contributed by atoms with Crippen molar-refractivity contribution in [2.24, 2.45) is 0 Å². The zero-order chi connectivity index (χ0) is 20.7. The van der Waals surface area contributed by atoms with E-state index >= 15 is 0 Å². The third-order valence-corrected chi connectivity index (χ3v) is 5.46. The first-order chi connectivity index (χ1) is 14.0. The van der Waals surface area contributed by atoms with Crippen LogP contribution in [0.4, 0.5) is 4.39 Å². The molecule has 0 unspecified atom stereocenters. The van der Waals surface area contributed by atoms with Crippen molar-refractivity contribution >= 4 is 5.97 Å². The van der Waals surface area contributed by atoms with E-state index in [1.54, 1.807) is 29.9 Å². The number of carbonyl (C=O) groups is 1. The van der Waals surface area contributed by atoms with Crippen LogP contribution in [0, 0.1) is 5.82 Å². The van der Waals surface area contributed by atoms with E-state index in [2.05, 4.69) is 0 Å². The van der Waals surface area contributed by atoms with E-state index in [9.17, 15) is 19.1 Å². The van der Waals surface area contributed by atoms with Gasteiger partial charge in [0.15, 0.2) is 5.43 Å². The van der Waals surface area contributed by atoms with Crippen LogP contribution in [0.5, 0.6) is 5.75 Å². The second-order valence-corrected chi connectivity index (χ2v) is 6.98. The van der Waals surface area contributed by atoms with E-state index in [-0.39, 0.29) is 11.4 Å². The van der Waals surface area contributed by atoms with Crippen LogP contribution in [0.2, 0.25) is 0 Å². The van der Waals surface area contributed by atoms with Gasteiger partial charge in [0.25, 0.3) is 0 Å². The normalized spacial score (nSPS) is 12.2. The first-order valence-electron chi connectivity index (χ1n) is 9.42. The molecule has 3 aromatic rings. The van der Waals surface area contributed by atoms with Crippen molar-refractivity contribution in [1.29, 1.82) is 0 Å². The predicted molar refractivity (Wildman–Crippen MR) is 108 cm³/mol. The number of rotatable bonds is 4. The van der Waals surface area contributed by atoms with Gasteiger partial charge in [0.1, 0.15) is 17.1 Å². The highest BCUT2D eigenvalue weighted by Gasteiger charge is 2.26. The lowest BCUT2D eigenvalue weighted by Gasteiger charge is -2.27. The van der Waals surface area contributed by atoms with Crippen LogP contribution in [0.1, 0.15) is 28.4 Å². The molecule has 0 saturated heterocycles. The number of hydrogen-bond donors (Lipinski definition) is 1. The SMILES string of the molecule is CCc1c2c(cc(-c3ccccc3F)c1OC)-c1cc(=O)c(C(=O)O)cn1CC2. The highest BCUT2D eigenvalue weighted by Crippen LogP contribution is 2.43. The number of aromatic carboxylic acids is 1. The number of carboxylic acid groups (broad SMARTS) is 1. The van der Waals surface area contributed by atoms with Crippen molar-refractivity contribution in [3.63, 3.8) is 0 Å². The Bertz CT molecular complexity index is 1200. The number of pyridine rings is 1. The third-order valence-electron chi connectivity index (χ3n) is 5.46. The molecule has 5 nitrogen and oxygen atoms in total. The summed E-state index contributed by atoms with van der Waals surface area (Å²) in [5, 5.41) is 9.26. The van der Waals surface area contributed by atoms with E-state index in [1.165, 1.54) is 18.3 Å². The molecule has 6 heteroatoms. The molecule has 0 aliphatic carbocycles. The molecule has 29 heavy (non-hydrogen) atoms. The van der Waals surface area contributed by atoms with E-state index in [0.717, 1.165) is 16.7 Å². The molecule has 4 rings (SSSR count). The zero-order valence-electron chi connectivity index (χ0n) is 16.2. The molecule has 1 aromatic heterocycles. The van der Waals surface area contributed by atoms with Gasteiger partial charge in [-0.25, -0.2) is 9.18 Å². The maximum atomic E-state index is 14.6. The molecule has 0 fully saturated rings. The van der Waals surface area contributed by atoms with Gasteiger partial charge in [-0.2, -0.15) is 0 Å². The van der Waals surface area contributed by atoms with Crippen molar-refractivity contribution in [3.8, 4) is 28.1 Å². The van der Waals surface area contributed by atoms with E-state index in [0.29, 0.717) is 42.0 Å². The van der Waals surface area contributed by atoms with Crippen molar-refractivity contribution in [3.05, 3.63) is 75.3 Å². The van der Waals surface area contributed by atoms with E-state index in [1.807, 2.05) is 13.0 Å². The van der Waals surface area contributed by atoms with Crippen molar-refractivity contribution in [2.75, 3.05) is 7.11 Å². The minimum atomic E-state index is -1.24.